The Labute approximate surface area is 146 Å². The molecular formula is C20H28ClNO. The molecule has 2 aromatic carbocycles. The van der Waals surface area contributed by atoms with Crippen molar-refractivity contribution in [3.63, 3.8) is 0 Å². The summed E-state index contributed by atoms with van der Waals surface area (Å²) >= 11 is 0. The molecule has 0 atom stereocenters. The van der Waals surface area contributed by atoms with Crippen LogP contribution in [0, 0.1) is 0 Å². The van der Waals surface area contributed by atoms with E-state index in [1.54, 1.807) is 0 Å². The first-order valence-electron chi connectivity index (χ1n) is 8.33. The predicted molar refractivity (Wildman–Crippen MR) is 101 cm³/mol. The molecule has 2 aromatic rings. The second-order valence-corrected chi connectivity index (χ2v) is 5.56. The minimum atomic E-state index is 0. The van der Waals surface area contributed by atoms with E-state index >= 15 is 0 Å². The second kappa shape index (κ2) is 12.1. The fourth-order valence-corrected chi connectivity index (χ4v) is 2.33. The van der Waals surface area contributed by atoms with E-state index in [1.807, 2.05) is 6.07 Å². The van der Waals surface area contributed by atoms with Gasteiger partial charge in [0.2, 0.25) is 0 Å². The van der Waals surface area contributed by atoms with E-state index in [2.05, 4.69) is 60.8 Å². The Bertz CT molecular complexity index is 513. The number of halogens is 1. The number of rotatable bonds is 10. The van der Waals surface area contributed by atoms with Crippen molar-refractivity contribution in [3.8, 4) is 11.1 Å². The van der Waals surface area contributed by atoms with Gasteiger partial charge in [-0.2, -0.15) is 0 Å². The van der Waals surface area contributed by atoms with Gasteiger partial charge in [0.1, 0.15) is 0 Å². The van der Waals surface area contributed by atoms with Crippen LogP contribution in [0.4, 0.5) is 0 Å². The zero-order chi connectivity index (χ0) is 15.5. The van der Waals surface area contributed by atoms with Crippen molar-refractivity contribution in [1.82, 2.24) is 5.32 Å². The zero-order valence-corrected chi connectivity index (χ0v) is 14.8. The van der Waals surface area contributed by atoms with E-state index in [4.69, 9.17) is 4.74 Å². The lowest BCUT2D eigenvalue weighted by Gasteiger charge is -2.07. The van der Waals surface area contributed by atoms with Crippen molar-refractivity contribution in [3.05, 3.63) is 60.2 Å². The number of hydrogen-bond donors (Lipinski definition) is 1. The lowest BCUT2D eigenvalue weighted by Crippen LogP contribution is -2.16. The Hall–Kier alpha value is -1.35. The molecule has 2 rings (SSSR count). The van der Waals surface area contributed by atoms with Crippen LogP contribution < -0.4 is 5.32 Å². The predicted octanol–water partition coefficient (Wildman–Crippen LogP) is 5.07. The van der Waals surface area contributed by atoms with Crippen LogP contribution in [0.15, 0.2) is 54.6 Å². The van der Waals surface area contributed by atoms with Crippen LogP contribution in [0.2, 0.25) is 0 Å². The summed E-state index contributed by atoms with van der Waals surface area (Å²) in [6.07, 6.45) is 3.45. The molecule has 0 aromatic heterocycles. The standard InChI is InChI=1S/C20H27NO.ClH/c1-2-3-15-22-16-7-14-21-17-18-10-12-20(13-11-18)19-8-5-4-6-9-19;/h4-6,8-13,21H,2-3,7,14-17H2,1H3;1H. The van der Waals surface area contributed by atoms with Gasteiger partial charge in [0.15, 0.2) is 0 Å². The minimum absolute atomic E-state index is 0. The SMILES string of the molecule is CCCCOCCCNCc1ccc(-c2ccccc2)cc1.Cl. The molecule has 0 aliphatic carbocycles. The zero-order valence-electron chi connectivity index (χ0n) is 14.0. The summed E-state index contributed by atoms with van der Waals surface area (Å²) in [5.41, 5.74) is 3.87. The lowest BCUT2D eigenvalue weighted by atomic mass is 10.0. The van der Waals surface area contributed by atoms with Crippen LogP contribution in [0.5, 0.6) is 0 Å². The van der Waals surface area contributed by atoms with Gasteiger partial charge in [0.05, 0.1) is 0 Å². The summed E-state index contributed by atoms with van der Waals surface area (Å²) in [5, 5.41) is 3.47. The highest BCUT2D eigenvalue weighted by atomic mass is 35.5. The summed E-state index contributed by atoms with van der Waals surface area (Å²) < 4.78 is 5.55. The van der Waals surface area contributed by atoms with E-state index in [0.29, 0.717) is 0 Å². The molecule has 0 fully saturated rings. The van der Waals surface area contributed by atoms with Gasteiger partial charge < -0.3 is 10.1 Å². The highest BCUT2D eigenvalue weighted by Crippen LogP contribution is 2.19. The molecule has 0 spiro atoms. The smallest absolute Gasteiger partial charge is 0.0478 e. The van der Waals surface area contributed by atoms with E-state index < -0.39 is 0 Å². The molecule has 0 amide bonds. The van der Waals surface area contributed by atoms with Crippen molar-refractivity contribution in [2.45, 2.75) is 32.7 Å². The molecule has 1 N–H and O–H groups in total. The molecule has 0 unspecified atom stereocenters. The summed E-state index contributed by atoms with van der Waals surface area (Å²) in [6.45, 7) is 5.88. The average Bonchev–Trinajstić information content (AvgIpc) is 2.59. The van der Waals surface area contributed by atoms with Gasteiger partial charge in [-0.3, -0.25) is 0 Å². The van der Waals surface area contributed by atoms with E-state index in [1.165, 1.54) is 29.5 Å². The minimum Gasteiger partial charge on any atom is -0.381 e. The maximum Gasteiger partial charge on any atom is 0.0478 e. The molecule has 0 aliphatic heterocycles. The number of unbranched alkanes of at least 4 members (excludes halogenated alkanes) is 1. The summed E-state index contributed by atoms with van der Waals surface area (Å²) in [6, 6.07) is 19.3. The van der Waals surface area contributed by atoms with Crippen molar-refractivity contribution in [2.24, 2.45) is 0 Å². The first kappa shape index (κ1) is 19.7. The third-order valence-electron chi connectivity index (χ3n) is 3.67. The molecule has 3 heteroatoms. The Morgan fingerprint density at radius 3 is 2.17 bits per heavy atom. The highest BCUT2D eigenvalue weighted by molar-refractivity contribution is 5.85. The summed E-state index contributed by atoms with van der Waals surface area (Å²) in [5.74, 6) is 0. The van der Waals surface area contributed by atoms with Crippen LogP contribution >= 0.6 is 12.4 Å². The van der Waals surface area contributed by atoms with Gasteiger partial charge in [0, 0.05) is 19.8 Å². The lowest BCUT2D eigenvalue weighted by molar-refractivity contribution is 0.129. The molecule has 126 valence electrons. The topological polar surface area (TPSA) is 21.3 Å². The molecule has 23 heavy (non-hydrogen) atoms. The van der Waals surface area contributed by atoms with Crippen molar-refractivity contribution < 1.29 is 4.74 Å². The number of ether oxygens (including phenoxy) is 1. The first-order valence-corrected chi connectivity index (χ1v) is 8.33. The van der Waals surface area contributed by atoms with Crippen molar-refractivity contribution >= 4 is 12.4 Å². The molecule has 0 radical (unpaired) electrons. The first-order chi connectivity index (χ1) is 10.9. The summed E-state index contributed by atoms with van der Waals surface area (Å²) in [4.78, 5) is 0. The molecule has 0 heterocycles. The summed E-state index contributed by atoms with van der Waals surface area (Å²) in [7, 11) is 0. The van der Waals surface area contributed by atoms with Gasteiger partial charge in [-0.1, -0.05) is 67.9 Å². The number of nitrogens with one attached hydrogen (secondary N) is 1. The van der Waals surface area contributed by atoms with Gasteiger partial charge in [-0.25, -0.2) is 0 Å². The van der Waals surface area contributed by atoms with E-state index in [9.17, 15) is 0 Å². The van der Waals surface area contributed by atoms with Gasteiger partial charge in [-0.05, 0) is 36.1 Å². The molecule has 0 bridgehead atoms. The molecule has 0 saturated carbocycles. The van der Waals surface area contributed by atoms with Gasteiger partial charge >= 0.3 is 0 Å². The van der Waals surface area contributed by atoms with E-state index in [-0.39, 0.29) is 12.4 Å². The Morgan fingerprint density at radius 1 is 0.826 bits per heavy atom. The quantitative estimate of drug-likeness (QED) is 0.613. The van der Waals surface area contributed by atoms with Gasteiger partial charge in [-0.15, -0.1) is 12.4 Å². The van der Waals surface area contributed by atoms with Crippen LogP contribution in [-0.2, 0) is 11.3 Å². The fourth-order valence-electron chi connectivity index (χ4n) is 2.33. The number of benzene rings is 2. The Kier molecular flexibility index (Phi) is 10.4. The normalized spacial score (nSPS) is 10.3. The average molecular weight is 334 g/mol. The maximum atomic E-state index is 5.55. The maximum absolute atomic E-state index is 5.55. The third kappa shape index (κ3) is 7.65. The molecule has 0 saturated heterocycles. The van der Waals surface area contributed by atoms with Crippen LogP contribution in [0.1, 0.15) is 31.7 Å². The number of hydrogen-bond acceptors (Lipinski definition) is 2. The van der Waals surface area contributed by atoms with Crippen molar-refractivity contribution in [2.75, 3.05) is 19.8 Å². The van der Waals surface area contributed by atoms with Crippen LogP contribution in [0.3, 0.4) is 0 Å². The largest absolute Gasteiger partial charge is 0.381 e. The molecule has 2 nitrogen and oxygen atoms in total. The monoisotopic (exact) mass is 333 g/mol. The third-order valence-corrected chi connectivity index (χ3v) is 3.67. The molecular weight excluding hydrogens is 306 g/mol. The second-order valence-electron chi connectivity index (χ2n) is 5.56. The highest BCUT2D eigenvalue weighted by Gasteiger charge is 1.97. The van der Waals surface area contributed by atoms with Crippen LogP contribution in [0.25, 0.3) is 11.1 Å². The Morgan fingerprint density at radius 2 is 1.48 bits per heavy atom. The fraction of sp³-hybridized carbons (Fsp3) is 0.400. The van der Waals surface area contributed by atoms with Crippen LogP contribution in [-0.4, -0.2) is 19.8 Å². The van der Waals surface area contributed by atoms with Gasteiger partial charge in [0.25, 0.3) is 0 Å². The molecule has 0 aliphatic rings. The van der Waals surface area contributed by atoms with Crippen molar-refractivity contribution in [1.29, 1.82) is 0 Å². The van der Waals surface area contributed by atoms with E-state index in [0.717, 1.165) is 32.7 Å². The Balaban J connectivity index is 0.00000264.